The summed E-state index contributed by atoms with van der Waals surface area (Å²) in [4.78, 5) is 14.8. The average Bonchev–Trinajstić information content (AvgIpc) is 2.20. The van der Waals surface area contributed by atoms with Crippen LogP contribution in [0.3, 0.4) is 0 Å². The van der Waals surface area contributed by atoms with E-state index in [1.165, 1.54) is 7.11 Å². The van der Waals surface area contributed by atoms with E-state index in [-0.39, 0.29) is 17.7 Å². The Hall–Kier alpha value is -0.310. The topological polar surface area (TPSA) is 39.2 Å². The Bertz CT molecular complexity index is 415. The first-order chi connectivity index (χ1) is 7.45. The van der Waals surface area contributed by atoms with Gasteiger partial charge < -0.3 is 4.74 Å². The van der Waals surface area contributed by atoms with Crippen LogP contribution in [0.25, 0.3) is 0 Å². The van der Waals surface area contributed by atoms with Gasteiger partial charge in [-0.05, 0) is 44.6 Å². The molecular weight excluding hydrogens is 399 g/mol. The van der Waals surface area contributed by atoms with Crippen molar-refractivity contribution in [2.45, 2.75) is 12.8 Å². The third kappa shape index (κ3) is 3.34. The molecule has 1 heterocycles. The molecule has 1 aromatic rings. The summed E-state index contributed by atoms with van der Waals surface area (Å²) in [6, 6.07) is 1.57. The van der Waals surface area contributed by atoms with Gasteiger partial charge in [0.1, 0.15) is 10.3 Å². The van der Waals surface area contributed by atoms with Gasteiger partial charge in [0, 0.05) is 9.13 Å². The molecule has 16 heavy (non-hydrogen) atoms. The van der Waals surface area contributed by atoms with E-state index in [2.05, 4.69) is 25.7 Å². The van der Waals surface area contributed by atoms with Crippen LogP contribution >= 0.6 is 38.5 Å². The zero-order valence-electron chi connectivity index (χ0n) is 8.14. The number of alkyl halides is 2. The molecule has 0 unspecified atom stereocenters. The van der Waals surface area contributed by atoms with Gasteiger partial charge in [0.2, 0.25) is 0 Å². The highest BCUT2D eigenvalue weighted by molar-refractivity contribution is 14.1. The summed E-state index contributed by atoms with van der Waals surface area (Å²) in [5.41, 5.74) is -0.171. The zero-order chi connectivity index (χ0) is 12.3. The van der Waals surface area contributed by atoms with Crippen LogP contribution in [0.2, 0.25) is 0 Å². The van der Waals surface area contributed by atoms with Gasteiger partial charge in [-0.3, -0.25) is 4.79 Å². The van der Waals surface area contributed by atoms with Gasteiger partial charge in [-0.1, -0.05) is 0 Å². The molecular formula is C9H7BrF2INO2. The zero-order valence-corrected chi connectivity index (χ0v) is 11.9. The summed E-state index contributed by atoms with van der Waals surface area (Å²) < 4.78 is 30.7. The van der Waals surface area contributed by atoms with E-state index in [9.17, 15) is 13.6 Å². The van der Waals surface area contributed by atoms with Crippen molar-refractivity contribution in [1.29, 1.82) is 0 Å². The molecule has 88 valence electrons. The lowest BCUT2D eigenvalue weighted by Gasteiger charge is -2.09. The van der Waals surface area contributed by atoms with Gasteiger partial charge in [-0.15, -0.1) is 0 Å². The van der Waals surface area contributed by atoms with E-state index in [4.69, 9.17) is 0 Å². The predicted molar refractivity (Wildman–Crippen MR) is 65.3 cm³/mol. The summed E-state index contributed by atoms with van der Waals surface area (Å²) in [6.07, 6.45) is -2.92. The van der Waals surface area contributed by atoms with Crippen molar-refractivity contribution in [3.8, 4) is 0 Å². The predicted octanol–water partition coefficient (Wildman–Crippen LogP) is 3.10. The smallest absolute Gasteiger partial charge is 0.310 e. The summed E-state index contributed by atoms with van der Waals surface area (Å²) in [5, 5.41) is 0. The SMILES string of the molecule is COC(=O)Cc1c(I)cc(Br)nc1C(F)F. The molecule has 0 aliphatic heterocycles. The summed E-state index contributed by atoms with van der Waals surface area (Å²) in [7, 11) is 1.21. The van der Waals surface area contributed by atoms with Crippen molar-refractivity contribution >= 4 is 44.5 Å². The van der Waals surface area contributed by atoms with Crippen molar-refractivity contribution in [2.75, 3.05) is 7.11 Å². The van der Waals surface area contributed by atoms with Crippen molar-refractivity contribution in [3.63, 3.8) is 0 Å². The number of hydrogen-bond donors (Lipinski definition) is 0. The highest BCUT2D eigenvalue weighted by Gasteiger charge is 2.20. The van der Waals surface area contributed by atoms with Gasteiger partial charge in [-0.2, -0.15) is 0 Å². The van der Waals surface area contributed by atoms with E-state index >= 15 is 0 Å². The van der Waals surface area contributed by atoms with Crippen LogP contribution in [0.4, 0.5) is 8.78 Å². The minimum atomic E-state index is -2.72. The van der Waals surface area contributed by atoms with E-state index in [0.717, 1.165) is 0 Å². The Morgan fingerprint density at radius 2 is 2.31 bits per heavy atom. The largest absolute Gasteiger partial charge is 0.469 e. The van der Waals surface area contributed by atoms with E-state index in [1.807, 2.05) is 22.6 Å². The maximum absolute atomic E-state index is 12.7. The van der Waals surface area contributed by atoms with Crippen LogP contribution in [0.1, 0.15) is 17.7 Å². The summed E-state index contributed by atoms with van der Waals surface area (Å²) in [6.45, 7) is 0. The molecule has 0 radical (unpaired) electrons. The number of methoxy groups -OCH3 is 1. The Morgan fingerprint density at radius 1 is 1.69 bits per heavy atom. The molecule has 0 bridgehead atoms. The molecule has 0 aliphatic carbocycles. The number of esters is 1. The van der Waals surface area contributed by atoms with E-state index < -0.39 is 12.4 Å². The van der Waals surface area contributed by atoms with Crippen LogP contribution in [0, 0.1) is 3.57 Å². The van der Waals surface area contributed by atoms with Gasteiger partial charge in [0.25, 0.3) is 6.43 Å². The second-order valence-corrected chi connectivity index (χ2v) is 4.82. The number of rotatable bonds is 3. The second kappa shape index (κ2) is 5.85. The van der Waals surface area contributed by atoms with Crippen LogP contribution in [-0.2, 0) is 16.0 Å². The molecule has 0 saturated heterocycles. The quantitative estimate of drug-likeness (QED) is 0.440. The number of carbonyl (C=O) groups excluding carboxylic acids is 1. The number of hydrogen-bond acceptors (Lipinski definition) is 3. The fourth-order valence-electron chi connectivity index (χ4n) is 1.10. The van der Waals surface area contributed by atoms with Gasteiger partial charge in [0.15, 0.2) is 0 Å². The van der Waals surface area contributed by atoms with Crippen molar-refractivity contribution in [1.82, 2.24) is 4.98 Å². The lowest BCUT2D eigenvalue weighted by Crippen LogP contribution is -2.10. The molecule has 1 rings (SSSR count). The summed E-state index contributed by atoms with van der Waals surface area (Å²) >= 11 is 4.92. The molecule has 0 amide bonds. The number of halogens is 4. The molecule has 0 fully saturated rings. The first kappa shape index (κ1) is 13.8. The first-order valence-corrected chi connectivity index (χ1v) is 6.02. The highest BCUT2D eigenvalue weighted by atomic mass is 127. The highest BCUT2D eigenvalue weighted by Crippen LogP contribution is 2.27. The molecule has 0 atom stereocenters. The number of carbonyl (C=O) groups is 1. The molecule has 3 nitrogen and oxygen atoms in total. The molecule has 0 spiro atoms. The maximum Gasteiger partial charge on any atom is 0.310 e. The van der Waals surface area contributed by atoms with Gasteiger partial charge >= 0.3 is 5.97 Å². The standard InChI is InChI=1S/C9H7BrF2INO2/c1-16-7(15)2-4-5(13)3-6(10)14-8(4)9(11)12/h3,9H,2H2,1H3. The van der Waals surface area contributed by atoms with Gasteiger partial charge in [0.05, 0.1) is 13.5 Å². The third-order valence-electron chi connectivity index (χ3n) is 1.83. The molecule has 7 heteroatoms. The molecule has 0 aliphatic rings. The lowest BCUT2D eigenvalue weighted by molar-refractivity contribution is -0.139. The minimum absolute atomic E-state index is 0.200. The monoisotopic (exact) mass is 405 g/mol. The van der Waals surface area contributed by atoms with Crippen molar-refractivity contribution in [2.24, 2.45) is 0 Å². The van der Waals surface area contributed by atoms with Crippen LogP contribution in [0.15, 0.2) is 10.7 Å². The number of ether oxygens (including phenoxy) is 1. The molecule has 1 aromatic heterocycles. The number of nitrogens with zero attached hydrogens (tertiary/aromatic N) is 1. The molecule has 0 saturated carbocycles. The summed E-state index contributed by atoms with van der Waals surface area (Å²) in [5.74, 6) is -0.566. The van der Waals surface area contributed by atoms with Crippen LogP contribution in [0.5, 0.6) is 0 Å². The molecule has 0 aromatic carbocycles. The Morgan fingerprint density at radius 3 is 2.81 bits per heavy atom. The fourth-order valence-corrected chi connectivity index (χ4v) is 2.71. The number of aromatic nitrogens is 1. The minimum Gasteiger partial charge on any atom is -0.469 e. The fraction of sp³-hybridized carbons (Fsp3) is 0.333. The van der Waals surface area contributed by atoms with E-state index in [0.29, 0.717) is 8.17 Å². The Kier molecular flexibility index (Phi) is 5.03. The average molecular weight is 406 g/mol. The van der Waals surface area contributed by atoms with Crippen LogP contribution in [-0.4, -0.2) is 18.1 Å². The normalized spacial score (nSPS) is 10.6. The van der Waals surface area contributed by atoms with Gasteiger partial charge in [-0.25, -0.2) is 13.8 Å². The maximum atomic E-state index is 12.7. The lowest BCUT2D eigenvalue weighted by atomic mass is 10.1. The number of pyridine rings is 1. The van der Waals surface area contributed by atoms with Crippen LogP contribution < -0.4 is 0 Å². The van der Waals surface area contributed by atoms with Crippen molar-refractivity contribution in [3.05, 3.63) is 25.5 Å². The Labute approximate surface area is 113 Å². The third-order valence-corrected chi connectivity index (χ3v) is 3.19. The molecule has 0 N–H and O–H groups in total. The van der Waals surface area contributed by atoms with Crippen molar-refractivity contribution < 1.29 is 18.3 Å². The second-order valence-electron chi connectivity index (χ2n) is 2.84. The Balaban J connectivity index is 3.19. The van der Waals surface area contributed by atoms with E-state index in [1.54, 1.807) is 6.07 Å². The first-order valence-electron chi connectivity index (χ1n) is 4.15.